The first-order valence-electron chi connectivity index (χ1n) is 8.42. The van der Waals surface area contributed by atoms with Gasteiger partial charge in [0.05, 0.1) is 17.2 Å². The summed E-state index contributed by atoms with van der Waals surface area (Å²) in [4.78, 5) is 29.7. The summed E-state index contributed by atoms with van der Waals surface area (Å²) in [5.41, 5.74) is 0.453. The lowest BCUT2D eigenvalue weighted by Crippen LogP contribution is -2.23. The number of hydrogen-bond donors (Lipinski definition) is 1. The van der Waals surface area contributed by atoms with Gasteiger partial charge in [-0.3, -0.25) is 4.40 Å². The predicted octanol–water partition coefficient (Wildman–Crippen LogP) is 3.90. The molecule has 0 unspecified atom stereocenters. The lowest BCUT2D eigenvalue weighted by atomic mass is 10.2. The molecule has 0 saturated carbocycles. The molecule has 3 aromatic heterocycles. The van der Waals surface area contributed by atoms with Gasteiger partial charge < -0.3 is 14.6 Å². The average molecular weight is 388 g/mol. The summed E-state index contributed by atoms with van der Waals surface area (Å²) in [6.45, 7) is 7.18. The van der Waals surface area contributed by atoms with Crippen LogP contribution in [0.4, 0.5) is 0 Å². The van der Waals surface area contributed by atoms with E-state index in [1.54, 1.807) is 56.5 Å². The minimum atomic E-state index is -0.687. The molecule has 0 aromatic carbocycles. The highest BCUT2D eigenvalue weighted by atomic mass is 32.1. The van der Waals surface area contributed by atoms with E-state index >= 15 is 0 Å². The van der Waals surface area contributed by atoms with Crippen molar-refractivity contribution in [1.82, 2.24) is 9.38 Å². The van der Waals surface area contributed by atoms with Crippen LogP contribution in [0.2, 0.25) is 0 Å². The number of thiophene rings is 1. The number of aromatic hydroxyl groups is 1. The zero-order valence-corrected chi connectivity index (χ0v) is 16.3. The van der Waals surface area contributed by atoms with Crippen molar-refractivity contribution in [3.05, 3.63) is 41.0 Å². The molecule has 0 atom stereocenters. The first-order valence-corrected chi connectivity index (χ1v) is 9.23. The molecule has 0 spiro atoms. The fraction of sp³-hybridized carbons (Fsp3) is 0.316. The van der Waals surface area contributed by atoms with E-state index in [4.69, 9.17) is 9.47 Å². The maximum absolute atomic E-state index is 12.4. The van der Waals surface area contributed by atoms with E-state index in [-0.39, 0.29) is 22.9 Å². The number of nitrogens with zero attached hydrogens (tertiary/aromatic N) is 2. The summed E-state index contributed by atoms with van der Waals surface area (Å²) in [5.74, 6) is -1.39. The third-order valence-electron chi connectivity index (χ3n) is 3.53. The molecule has 0 saturated heterocycles. The van der Waals surface area contributed by atoms with E-state index in [0.29, 0.717) is 16.2 Å². The van der Waals surface area contributed by atoms with Gasteiger partial charge in [-0.05, 0) is 39.8 Å². The van der Waals surface area contributed by atoms with Gasteiger partial charge in [-0.2, -0.15) is 0 Å². The van der Waals surface area contributed by atoms with Crippen LogP contribution < -0.4 is 0 Å². The van der Waals surface area contributed by atoms with E-state index in [0.717, 1.165) is 11.3 Å². The maximum atomic E-state index is 12.4. The molecule has 142 valence electrons. The Bertz CT molecular complexity index is 1010. The van der Waals surface area contributed by atoms with E-state index in [9.17, 15) is 14.7 Å². The number of fused-ring (bicyclic) bond motifs is 1. The number of esters is 2. The van der Waals surface area contributed by atoms with E-state index in [2.05, 4.69) is 4.98 Å². The van der Waals surface area contributed by atoms with Gasteiger partial charge in [-0.1, -0.05) is 6.07 Å². The Morgan fingerprint density at radius 3 is 2.67 bits per heavy atom. The maximum Gasteiger partial charge on any atom is 0.359 e. The first kappa shape index (κ1) is 18.9. The molecule has 0 aliphatic carbocycles. The van der Waals surface area contributed by atoms with Crippen LogP contribution in [0.5, 0.6) is 5.75 Å². The Labute approximate surface area is 160 Å². The molecule has 1 N–H and O–H groups in total. The molecular formula is C19H20N2O5S. The van der Waals surface area contributed by atoms with Crippen molar-refractivity contribution in [2.75, 3.05) is 6.61 Å². The Balaban J connectivity index is 2.13. The molecule has 0 aliphatic heterocycles. The summed E-state index contributed by atoms with van der Waals surface area (Å²) >= 11 is 1.04. The molecule has 0 amide bonds. The van der Waals surface area contributed by atoms with E-state index in [1.807, 2.05) is 0 Å². The quantitative estimate of drug-likeness (QED) is 0.682. The lowest BCUT2D eigenvalue weighted by Gasteiger charge is -2.18. The molecule has 7 nitrogen and oxygen atoms in total. The lowest BCUT2D eigenvalue weighted by molar-refractivity contribution is 0.00725. The number of carbonyl (C=O) groups is 2. The highest BCUT2D eigenvalue weighted by Gasteiger charge is 2.27. The molecule has 3 rings (SSSR count). The summed E-state index contributed by atoms with van der Waals surface area (Å²) in [7, 11) is 0. The Hall–Kier alpha value is -2.87. The highest BCUT2D eigenvalue weighted by Crippen LogP contribution is 2.38. The fourth-order valence-corrected chi connectivity index (χ4v) is 3.51. The molecule has 0 aliphatic rings. The second-order valence-corrected chi connectivity index (χ2v) is 7.84. The number of hydrogen-bond acceptors (Lipinski definition) is 7. The summed E-state index contributed by atoms with van der Waals surface area (Å²) < 4.78 is 12.2. The van der Waals surface area contributed by atoms with Crippen LogP contribution in [0.15, 0.2) is 30.5 Å². The van der Waals surface area contributed by atoms with Crippen molar-refractivity contribution in [2.24, 2.45) is 0 Å². The topological polar surface area (TPSA) is 90.1 Å². The van der Waals surface area contributed by atoms with Crippen molar-refractivity contribution < 1.29 is 24.2 Å². The van der Waals surface area contributed by atoms with Gasteiger partial charge >= 0.3 is 11.9 Å². The van der Waals surface area contributed by atoms with Crippen molar-refractivity contribution in [1.29, 1.82) is 0 Å². The van der Waals surface area contributed by atoms with E-state index < -0.39 is 17.5 Å². The van der Waals surface area contributed by atoms with Crippen LogP contribution in [0.25, 0.3) is 16.2 Å². The van der Waals surface area contributed by atoms with Crippen molar-refractivity contribution in [2.45, 2.75) is 33.3 Å². The minimum Gasteiger partial charge on any atom is -0.506 e. The van der Waals surface area contributed by atoms with Crippen LogP contribution >= 0.6 is 11.3 Å². The third-order valence-corrected chi connectivity index (χ3v) is 4.64. The van der Waals surface area contributed by atoms with Gasteiger partial charge in [0.2, 0.25) is 0 Å². The number of imidazole rings is 1. The van der Waals surface area contributed by atoms with E-state index in [1.165, 1.54) is 6.07 Å². The first-order chi connectivity index (χ1) is 12.7. The fourth-order valence-electron chi connectivity index (χ4n) is 2.54. The molecule has 0 bridgehead atoms. The largest absolute Gasteiger partial charge is 0.506 e. The molecule has 8 heteroatoms. The smallest absolute Gasteiger partial charge is 0.359 e. The second kappa shape index (κ2) is 7.03. The monoisotopic (exact) mass is 388 g/mol. The Morgan fingerprint density at radius 2 is 2.00 bits per heavy atom. The molecular weight excluding hydrogens is 368 g/mol. The second-order valence-electron chi connectivity index (χ2n) is 6.79. The minimum absolute atomic E-state index is 0.0700. The highest BCUT2D eigenvalue weighted by molar-refractivity contribution is 7.17. The molecule has 3 heterocycles. The van der Waals surface area contributed by atoms with Gasteiger partial charge in [-0.25, -0.2) is 14.6 Å². The summed E-state index contributed by atoms with van der Waals surface area (Å²) in [5, 5.41) is 10.3. The van der Waals surface area contributed by atoms with Gasteiger partial charge in [-0.15, -0.1) is 11.3 Å². The van der Waals surface area contributed by atoms with Crippen LogP contribution in [0, 0.1) is 0 Å². The number of aromatic nitrogens is 2. The molecule has 3 aromatic rings. The number of pyridine rings is 1. The Kier molecular flexibility index (Phi) is 4.93. The van der Waals surface area contributed by atoms with Crippen LogP contribution in [0.3, 0.4) is 0 Å². The van der Waals surface area contributed by atoms with Gasteiger partial charge in [0, 0.05) is 12.3 Å². The SMILES string of the molecule is CCOC(=O)c1nc2ccccn2c1-c1cc(O)c(C(=O)OC(C)(C)C)s1. The number of carbonyl (C=O) groups excluding carboxylic acids is 2. The zero-order valence-electron chi connectivity index (χ0n) is 15.5. The summed E-state index contributed by atoms with van der Waals surface area (Å²) in [6.07, 6.45) is 1.75. The van der Waals surface area contributed by atoms with Crippen molar-refractivity contribution >= 4 is 28.9 Å². The normalized spacial score (nSPS) is 11.6. The van der Waals surface area contributed by atoms with Gasteiger partial charge in [0.1, 0.15) is 17.0 Å². The number of rotatable bonds is 4. The summed E-state index contributed by atoms with van der Waals surface area (Å²) in [6, 6.07) is 6.80. The molecule has 0 radical (unpaired) electrons. The van der Waals surface area contributed by atoms with Crippen LogP contribution in [-0.2, 0) is 9.47 Å². The predicted molar refractivity (Wildman–Crippen MR) is 101 cm³/mol. The Morgan fingerprint density at radius 1 is 1.26 bits per heavy atom. The van der Waals surface area contributed by atoms with Crippen molar-refractivity contribution in [3.8, 4) is 16.3 Å². The average Bonchev–Trinajstić information content (AvgIpc) is 3.14. The van der Waals surface area contributed by atoms with Gasteiger partial charge in [0.15, 0.2) is 10.6 Å². The third kappa shape index (κ3) is 3.80. The zero-order chi connectivity index (χ0) is 19.8. The number of ether oxygens (including phenoxy) is 2. The van der Waals surface area contributed by atoms with Crippen molar-refractivity contribution in [3.63, 3.8) is 0 Å². The van der Waals surface area contributed by atoms with Crippen LogP contribution in [-0.4, -0.2) is 38.6 Å². The molecule has 27 heavy (non-hydrogen) atoms. The standard InChI is InChI=1S/C19H20N2O5S/c1-5-25-17(23)14-15(21-9-7-6-8-13(21)20-14)12-10-11(22)16(27-12)18(24)26-19(2,3)4/h6-10,22H,5H2,1-4H3. The van der Waals surface area contributed by atoms with Gasteiger partial charge in [0.25, 0.3) is 0 Å². The van der Waals surface area contributed by atoms with Crippen LogP contribution in [0.1, 0.15) is 47.9 Å². The molecule has 0 fully saturated rings.